The van der Waals surface area contributed by atoms with E-state index in [9.17, 15) is 23.1 Å². The van der Waals surface area contributed by atoms with Crippen molar-refractivity contribution in [2.24, 2.45) is 0 Å². The summed E-state index contributed by atoms with van der Waals surface area (Å²) in [5, 5.41) is 12.8. The van der Waals surface area contributed by atoms with E-state index in [2.05, 4.69) is 0 Å². The van der Waals surface area contributed by atoms with Gasteiger partial charge in [0.2, 0.25) is 0 Å². The second kappa shape index (κ2) is 8.63. The first-order chi connectivity index (χ1) is 19.6. The maximum Gasteiger partial charge on any atom is 0.343 e. The predicted molar refractivity (Wildman–Crippen MR) is 151 cm³/mol. The van der Waals surface area contributed by atoms with Gasteiger partial charge in [-0.3, -0.25) is 4.79 Å². The summed E-state index contributed by atoms with van der Waals surface area (Å²) >= 11 is 0. The maximum absolute atomic E-state index is 13.4. The lowest BCUT2D eigenvalue weighted by atomic mass is 9.86. The zero-order chi connectivity index (χ0) is 28.7. The molecule has 0 radical (unpaired) electrons. The largest absolute Gasteiger partial charge is 0.458 e. The molecule has 0 aliphatic carbocycles. The summed E-state index contributed by atoms with van der Waals surface area (Å²) in [6, 6.07) is 18.5. The Morgan fingerprint density at radius 2 is 1.85 bits per heavy atom. The molecule has 2 aliphatic rings. The highest BCUT2D eigenvalue weighted by Gasteiger charge is 2.45. The summed E-state index contributed by atoms with van der Waals surface area (Å²) in [5.41, 5.74) is 6.77. The minimum absolute atomic E-state index is 0.0236. The highest BCUT2D eigenvalue weighted by molar-refractivity contribution is 7.87. The van der Waals surface area contributed by atoms with Crippen molar-refractivity contribution in [1.82, 2.24) is 9.55 Å². The number of nitrogen functional groups attached to an aromatic ring is 1. The summed E-state index contributed by atoms with van der Waals surface area (Å²) in [6.07, 6.45) is 0.0424. The quantitative estimate of drug-likeness (QED) is 0.184. The Labute approximate surface area is 233 Å². The Kier molecular flexibility index (Phi) is 5.31. The zero-order valence-corrected chi connectivity index (χ0v) is 22.6. The highest BCUT2D eigenvalue weighted by Crippen LogP contribution is 2.40. The molecule has 7 rings (SSSR count). The molecule has 206 valence electrons. The molecule has 3 N–H and O–H groups in total. The number of nitrogens with two attached hydrogens (primary N) is 1. The number of esters is 1. The first-order valence-electron chi connectivity index (χ1n) is 12.9. The van der Waals surface area contributed by atoms with Gasteiger partial charge in [-0.1, -0.05) is 43.3 Å². The number of cyclic esters (lactones) is 1. The van der Waals surface area contributed by atoms with Gasteiger partial charge in [0.1, 0.15) is 11.5 Å². The number of benzene rings is 3. The molecule has 1 unspecified atom stereocenters. The molecule has 10 nitrogen and oxygen atoms in total. The van der Waals surface area contributed by atoms with Crippen molar-refractivity contribution in [2.75, 3.05) is 5.73 Å². The number of carbonyl (C=O) groups excluding carboxylic acids is 1. The van der Waals surface area contributed by atoms with Crippen molar-refractivity contribution in [1.29, 1.82) is 0 Å². The van der Waals surface area contributed by atoms with Crippen LogP contribution in [0.15, 0.2) is 76.4 Å². The molecule has 0 spiro atoms. The number of hydrogen-bond acceptors (Lipinski definition) is 9. The molecule has 3 aromatic carbocycles. The molecule has 1 atom stereocenters. The minimum atomic E-state index is -4.23. The molecular weight excluding hydrogens is 546 g/mol. The fraction of sp³-hybridized carbons (Fsp3) is 0.167. The topological polar surface area (TPSA) is 151 Å². The fourth-order valence-corrected chi connectivity index (χ4v) is 6.88. The van der Waals surface area contributed by atoms with Crippen LogP contribution < -0.4 is 15.5 Å². The van der Waals surface area contributed by atoms with Gasteiger partial charge in [-0.05, 0) is 42.1 Å². The van der Waals surface area contributed by atoms with Crippen LogP contribution in [0.5, 0.6) is 5.75 Å². The third kappa shape index (κ3) is 3.59. The molecule has 0 saturated carbocycles. The summed E-state index contributed by atoms with van der Waals surface area (Å²) in [4.78, 5) is 30.6. The van der Waals surface area contributed by atoms with Crippen molar-refractivity contribution in [3.63, 3.8) is 0 Å². The maximum atomic E-state index is 13.4. The number of carbonyl (C=O) groups is 1. The van der Waals surface area contributed by atoms with E-state index in [4.69, 9.17) is 19.6 Å². The van der Waals surface area contributed by atoms with Crippen LogP contribution in [0.4, 0.5) is 5.69 Å². The molecule has 41 heavy (non-hydrogen) atoms. The molecule has 0 amide bonds. The summed E-state index contributed by atoms with van der Waals surface area (Å²) in [5.74, 6) is -0.834. The van der Waals surface area contributed by atoms with E-state index in [0.717, 1.165) is 5.39 Å². The van der Waals surface area contributed by atoms with Crippen LogP contribution in [0, 0.1) is 0 Å². The highest BCUT2D eigenvalue weighted by atomic mass is 32.2. The van der Waals surface area contributed by atoms with E-state index in [1.165, 1.54) is 16.7 Å². The number of hydrogen-bond donors (Lipinski definition) is 2. The first-order valence-corrected chi connectivity index (χ1v) is 14.3. The van der Waals surface area contributed by atoms with Crippen LogP contribution in [-0.4, -0.2) is 29.0 Å². The third-order valence-electron chi connectivity index (χ3n) is 7.91. The number of nitrogens with zero attached hydrogens (tertiary/aromatic N) is 2. The van der Waals surface area contributed by atoms with Crippen LogP contribution in [0.25, 0.3) is 33.1 Å². The van der Waals surface area contributed by atoms with Crippen molar-refractivity contribution < 1.29 is 27.2 Å². The van der Waals surface area contributed by atoms with E-state index in [1.807, 2.05) is 18.2 Å². The lowest BCUT2D eigenvalue weighted by Gasteiger charge is -2.31. The van der Waals surface area contributed by atoms with Gasteiger partial charge in [-0.15, -0.1) is 0 Å². The lowest BCUT2D eigenvalue weighted by Crippen LogP contribution is -2.44. The average molecular weight is 570 g/mol. The normalized spacial score (nSPS) is 17.7. The van der Waals surface area contributed by atoms with E-state index in [-0.39, 0.29) is 52.6 Å². The monoisotopic (exact) mass is 569 g/mol. The Bertz CT molecular complexity index is 2130. The van der Waals surface area contributed by atoms with Gasteiger partial charge in [-0.25, -0.2) is 9.78 Å². The van der Waals surface area contributed by atoms with Gasteiger partial charge in [0.25, 0.3) is 5.56 Å². The van der Waals surface area contributed by atoms with Crippen molar-refractivity contribution in [3.8, 4) is 17.1 Å². The number of anilines is 1. The predicted octanol–water partition coefficient (Wildman–Crippen LogP) is 3.58. The van der Waals surface area contributed by atoms with Crippen LogP contribution in [0.1, 0.15) is 30.0 Å². The van der Waals surface area contributed by atoms with Gasteiger partial charge in [0.05, 0.1) is 34.7 Å². The smallest absolute Gasteiger partial charge is 0.343 e. The van der Waals surface area contributed by atoms with Gasteiger partial charge >= 0.3 is 16.1 Å². The van der Waals surface area contributed by atoms with Crippen LogP contribution in [0.2, 0.25) is 0 Å². The van der Waals surface area contributed by atoms with Crippen molar-refractivity contribution in [3.05, 3.63) is 93.8 Å². The number of pyridine rings is 2. The summed E-state index contributed by atoms with van der Waals surface area (Å²) in [7, 11) is -4.23. The van der Waals surface area contributed by atoms with Crippen molar-refractivity contribution >= 4 is 43.5 Å². The SMILES string of the molecule is CCC1(O)C(=O)OCc2c1cc1n(c2=O)Cc2cc3c(N)c(OS(=O)(=O)c4cccc5ccccc45)ccc3nc2-1. The van der Waals surface area contributed by atoms with Crippen molar-refractivity contribution in [2.45, 2.75) is 37.0 Å². The van der Waals surface area contributed by atoms with Crippen LogP contribution in [-0.2, 0) is 38.4 Å². The summed E-state index contributed by atoms with van der Waals surface area (Å²) in [6.45, 7) is 1.60. The Hall–Kier alpha value is -4.74. The second-order valence-corrected chi connectivity index (χ2v) is 11.7. The first kappa shape index (κ1) is 25.2. The molecule has 2 aromatic heterocycles. The van der Waals surface area contributed by atoms with E-state index in [0.29, 0.717) is 33.2 Å². The van der Waals surface area contributed by atoms with Crippen LogP contribution in [0.3, 0.4) is 0 Å². The standard InChI is InChI=1S/C30H23N3O7S/c1-2-30(36)21-13-23-27-17(14-33(23)28(34)20(21)15-39-29(30)35)12-19-22(32-27)10-11-24(26(19)31)40-41(37,38)25-9-5-7-16-6-3-4-8-18(16)25/h3-13,36H,2,14-15,31H2,1H3. The molecule has 0 saturated heterocycles. The molecule has 4 heterocycles. The number of aromatic nitrogens is 2. The Morgan fingerprint density at radius 1 is 1.07 bits per heavy atom. The third-order valence-corrected chi connectivity index (χ3v) is 9.21. The average Bonchev–Trinajstić information content (AvgIpc) is 3.33. The molecule has 11 heteroatoms. The number of rotatable bonds is 4. The Balaban J connectivity index is 1.32. The molecule has 5 aromatic rings. The zero-order valence-electron chi connectivity index (χ0n) is 21.7. The van der Waals surface area contributed by atoms with Gasteiger partial charge in [-0.2, -0.15) is 8.42 Å². The molecular formula is C30H23N3O7S. The van der Waals surface area contributed by atoms with Gasteiger partial charge in [0.15, 0.2) is 11.4 Å². The number of aliphatic hydroxyl groups is 1. The lowest BCUT2D eigenvalue weighted by molar-refractivity contribution is -0.172. The van der Waals surface area contributed by atoms with E-state index >= 15 is 0 Å². The molecule has 0 bridgehead atoms. The number of ether oxygens (including phenoxy) is 1. The molecule has 0 fully saturated rings. The van der Waals surface area contributed by atoms with Gasteiger partial charge < -0.3 is 24.3 Å². The van der Waals surface area contributed by atoms with Gasteiger partial charge in [0, 0.05) is 21.9 Å². The Morgan fingerprint density at radius 3 is 2.66 bits per heavy atom. The number of fused-ring (bicyclic) bond motifs is 6. The van der Waals surface area contributed by atoms with E-state index < -0.39 is 21.7 Å². The van der Waals surface area contributed by atoms with Crippen LogP contribution >= 0.6 is 0 Å². The second-order valence-electron chi connectivity index (χ2n) is 10.2. The fourth-order valence-electron chi connectivity index (χ4n) is 5.70. The summed E-state index contributed by atoms with van der Waals surface area (Å²) < 4.78 is 38.8. The minimum Gasteiger partial charge on any atom is -0.458 e. The van der Waals surface area contributed by atoms with E-state index in [1.54, 1.807) is 43.3 Å². The molecule has 2 aliphatic heterocycles.